The van der Waals surface area contributed by atoms with Crippen molar-refractivity contribution >= 4 is 17.2 Å². The molecule has 0 fully saturated rings. The lowest BCUT2D eigenvalue weighted by Crippen LogP contribution is -2.18. The third kappa shape index (κ3) is 3.09. The summed E-state index contributed by atoms with van der Waals surface area (Å²) in [7, 11) is 0. The molecule has 2 heterocycles. The molecule has 112 valence electrons. The number of aryl methyl sites for hydroxylation is 1. The van der Waals surface area contributed by atoms with Crippen LogP contribution in [0.25, 0.3) is 22.0 Å². The van der Waals surface area contributed by atoms with Crippen LogP contribution in [0.2, 0.25) is 0 Å². The van der Waals surface area contributed by atoms with E-state index in [1.54, 1.807) is 11.3 Å². The summed E-state index contributed by atoms with van der Waals surface area (Å²) in [6.45, 7) is 3.96. The molecule has 0 aliphatic carbocycles. The van der Waals surface area contributed by atoms with Crippen LogP contribution in [0, 0.1) is 6.92 Å². The molecule has 0 bridgehead atoms. The van der Waals surface area contributed by atoms with Gasteiger partial charge in [0.15, 0.2) is 5.76 Å². The van der Waals surface area contributed by atoms with Crippen molar-refractivity contribution in [1.82, 2.24) is 10.3 Å². The number of nitrogens with zero attached hydrogens (tertiary/aromatic N) is 1. The van der Waals surface area contributed by atoms with E-state index in [9.17, 15) is 4.79 Å². The van der Waals surface area contributed by atoms with Crippen LogP contribution >= 0.6 is 11.3 Å². The van der Waals surface area contributed by atoms with E-state index in [0.29, 0.717) is 6.54 Å². The highest BCUT2D eigenvalue weighted by atomic mass is 32.1. The fraction of sp³-hybridized carbons (Fsp3) is 0.176. The van der Waals surface area contributed by atoms with E-state index in [1.807, 2.05) is 29.6 Å². The summed E-state index contributed by atoms with van der Waals surface area (Å²) in [6, 6.07) is 11.9. The summed E-state index contributed by atoms with van der Waals surface area (Å²) in [5.74, 6) is 1.36. The Morgan fingerprint density at radius 2 is 2.09 bits per heavy atom. The van der Waals surface area contributed by atoms with Crippen LogP contribution in [0.5, 0.6) is 0 Å². The number of furan rings is 1. The van der Waals surface area contributed by atoms with Gasteiger partial charge in [-0.1, -0.05) is 24.3 Å². The third-order valence-corrected chi connectivity index (χ3v) is 4.18. The lowest BCUT2D eigenvalue weighted by atomic mass is 10.1. The Kier molecular flexibility index (Phi) is 4.06. The van der Waals surface area contributed by atoms with Crippen molar-refractivity contribution in [3.05, 3.63) is 53.1 Å². The first-order valence-electron chi connectivity index (χ1n) is 6.98. The first kappa shape index (κ1) is 14.5. The molecule has 4 nitrogen and oxygen atoms in total. The molecule has 1 N–H and O–H groups in total. The van der Waals surface area contributed by atoms with Crippen molar-refractivity contribution in [1.29, 1.82) is 0 Å². The van der Waals surface area contributed by atoms with Gasteiger partial charge < -0.3 is 9.73 Å². The minimum Gasteiger partial charge on any atom is -0.458 e. The molecule has 0 aliphatic rings. The van der Waals surface area contributed by atoms with Gasteiger partial charge in [0.1, 0.15) is 16.5 Å². The highest BCUT2D eigenvalue weighted by molar-refractivity contribution is 7.13. The van der Waals surface area contributed by atoms with E-state index in [-0.39, 0.29) is 5.91 Å². The minimum absolute atomic E-state index is 0.0755. The number of hydrogen-bond donors (Lipinski definition) is 1. The van der Waals surface area contributed by atoms with Crippen LogP contribution in [0.4, 0.5) is 0 Å². The molecule has 0 saturated heterocycles. The van der Waals surface area contributed by atoms with E-state index in [4.69, 9.17) is 4.42 Å². The lowest BCUT2D eigenvalue weighted by Gasteiger charge is -2.00. The molecule has 0 spiro atoms. The Morgan fingerprint density at radius 3 is 2.86 bits per heavy atom. The maximum atomic E-state index is 10.9. The van der Waals surface area contributed by atoms with Gasteiger partial charge in [-0.05, 0) is 24.6 Å². The second kappa shape index (κ2) is 6.15. The van der Waals surface area contributed by atoms with Gasteiger partial charge >= 0.3 is 0 Å². The monoisotopic (exact) mass is 312 g/mol. The summed E-state index contributed by atoms with van der Waals surface area (Å²) in [6.07, 6.45) is 0. The van der Waals surface area contributed by atoms with Crippen molar-refractivity contribution in [2.24, 2.45) is 0 Å². The van der Waals surface area contributed by atoms with Crippen molar-refractivity contribution in [3.63, 3.8) is 0 Å². The Bertz CT molecular complexity index is 804. The molecule has 0 saturated carbocycles. The van der Waals surface area contributed by atoms with Crippen molar-refractivity contribution in [2.75, 3.05) is 0 Å². The van der Waals surface area contributed by atoms with Crippen molar-refractivity contribution < 1.29 is 9.21 Å². The highest BCUT2D eigenvalue weighted by Gasteiger charge is 2.11. The van der Waals surface area contributed by atoms with Crippen LogP contribution in [0.3, 0.4) is 0 Å². The quantitative estimate of drug-likeness (QED) is 0.792. The highest BCUT2D eigenvalue weighted by Crippen LogP contribution is 2.31. The van der Waals surface area contributed by atoms with Crippen molar-refractivity contribution in [2.45, 2.75) is 20.4 Å². The number of carbonyl (C=O) groups is 1. The van der Waals surface area contributed by atoms with Gasteiger partial charge in [0.2, 0.25) is 5.91 Å². The van der Waals surface area contributed by atoms with E-state index < -0.39 is 0 Å². The van der Waals surface area contributed by atoms with Crippen LogP contribution in [0.15, 0.2) is 46.2 Å². The van der Waals surface area contributed by atoms with Crippen LogP contribution in [0.1, 0.15) is 18.2 Å². The summed E-state index contributed by atoms with van der Waals surface area (Å²) in [5.41, 5.74) is 3.16. The Hall–Kier alpha value is -2.40. The first-order chi connectivity index (χ1) is 10.6. The van der Waals surface area contributed by atoms with Crippen LogP contribution in [-0.4, -0.2) is 10.9 Å². The zero-order chi connectivity index (χ0) is 15.5. The molecular weight excluding hydrogens is 296 g/mol. The topological polar surface area (TPSA) is 55.1 Å². The molecule has 0 atom stereocenters. The number of amides is 1. The maximum absolute atomic E-state index is 10.9. The van der Waals surface area contributed by atoms with Gasteiger partial charge in [0.05, 0.1) is 6.54 Å². The number of thiazole rings is 1. The van der Waals surface area contributed by atoms with E-state index >= 15 is 0 Å². The van der Waals surface area contributed by atoms with Crippen molar-refractivity contribution in [3.8, 4) is 22.0 Å². The summed E-state index contributed by atoms with van der Waals surface area (Å²) in [5, 5.41) is 5.68. The number of carbonyl (C=O) groups excluding carboxylic acids is 1. The molecule has 0 radical (unpaired) electrons. The van der Waals surface area contributed by atoms with Crippen LogP contribution < -0.4 is 5.32 Å². The van der Waals surface area contributed by atoms with Gasteiger partial charge in [0, 0.05) is 17.9 Å². The zero-order valence-electron chi connectivity index (χ0n) is 12.4. The first-order valence-corrected chi connectivity index (χ1v) is 7.86. The summed E-state index contributed by atoms with van der Waals surface area (Å²) in [4.78, 5) is 15.6. The molecule has 3 aromatic rings. The maximum Gasteiger partial charge on any atom is 0.217 e. The lowest BCUT2D eigenvalue weighted by molar-refractivity contribution is -0.119. The smallest absolute Gasteiger partial charge is 0.217 e. The minimum atomic E-state index is -0.0755. The molecule has 5 heteroatoms. The fourth-order valence-electron chi connectivity index (χ4n) is 2.15. The zero-order valence-corrected chi connectivity index (χ0v) is 13.2. The SMILES string of the molecule is CC(=O)NCc1ccc(-c2csc(-c3ccccc3C)n2)o1. The van der Waals surface area contributed by atoms with Gasteiger partial charge in [-0.2, -0.15) is 0 Å². The van der Waals surface area contributed by atoms with Gasteiger partial charge in [0.25, 0.3) is 0 Å². The molecule has 0 unspecified atom stereocenters. The second-order valence-corrected chi connectivity index (χ2v) is 5.89. The summed E-state index contributed by atoms with van der Waals surface area (Å²) < 4.78 is 5.73. The van der Waals surface area contributed by atoms with Gasteiger partial charge in [-0.15, -0.1) is 11.3 Å². The molecule has 22 heavy (non-hydrogen) atoms. The molecule has 2 aromatic heterocycles. The van der Waals surface area contributed by atoms with Gasteiger partial charge in [-0.25, -0.2) is 4.98 Å². The fourth-order valence-corrected chi connectivity index (χ4v) is 3.04. The number of aromatic nitrogens is 1. The number of rotatable bonds is 4. The molecule has 1 aromatic carbocycles. The predicted octanol–water partition coefficient (Wildman–Crippen LogP) is 4.01. The number of nitrogens with one attached hydrogen (secondary N) is 1. The van der Waals surface area contributed by atoms with E-state index in [1.165, 1.54) is 12.5 Å². The number of benzene rings is 1. The Labute approximate surface area is 132 Å². The molecule has 0 aliphatic heterocycles. The normalized spacial score (nSPS) is 10.6. The standard InChI is InChI=1S/C17H16N2O2S/c1-11-5-3-4-6-14(11)17-19-15(10-22-17)16-8-7-13(21-16)9-18-12(2)20/h3-8,10H,9H2,1-2H3,(H,18,20). The second-order valence-electron chi connectivity index (χ2n) is 5.03. The predicted molar refractivity (Wildman–Crippen MR) is 87.5 cm³/mol. The number of hydrogen-bond acceptors (Lipinski definition) is 4. The summed E-state index contributed by atoms with van der Waals surface area (Å²) >= 11 is 1.60. The van der Waals surface area contributed by atoms with Gasteiger partial charge in [-0.3, -0.25) is 4.79 Å². The average molecular weight is 312 g/mol. The third-order valence-electron chi connectivity index (χ3n) is 3.31. The molecular formula is C17H16N2O2S. The van der Waals surface area contributed by atoms with Crippen LogP contribution in [-0.2, 0) is 11.3 Å². The Morgan fingerprint density at radius 1 is 1.27 bits per heavy atom. The average Bonchev–Trinajstić information content (AvgIpc) is 3.14. The van der Waals surface area contributed by atoms with E-state index in [0.717, 1.165) is 27.8 Å². The largest absolute Gasteiger partial charge is 0.458 e. The molecule has 3 rings (SSSR count). The van der Waals surface area contributed by atoms with E-state index in [2.05, 4.69) is 29.4 Å². The Balaban J connectivity index is 1.82. The molecule has 1 amide bonds.